The second-order valence-corrected chi connectivity index (χ2v) is 10.9. The standard InChI is InChI=1S/C40H24O2/c1-2-10-25(11-3-1)26-18-20-27(21-19-26)37-30-13-4-6-15-32(30)38(33-16-7-5-14-31(33)37)36-24-28-22-23-34-29-12-8-9-17-35(29)41-40(34)39(28)42-36/h1-24H. The highest BCUT2D eigenvalue weighted by molar-refractivity contribution is 6.22. The molecule has 2 aromatic heterocycles. The van der Waals surface area contributed by atoms with Gasteiger partial charge in [-0.3, -0.25) is 0 Å². The number of rotatable bonds is 3. The minimum atomic E-state index is 0.785. The van der Waals surface area contributed by atoms with Crippen LogP contribution in [0.2, 0.25) is 0 Å². The van der Waals surface area contributed by atoms with E-state index < -0.39 is 0 Å². The quantitative estimate of drug-likeness (QED) is 0.210. The summed E-state index contributed by atoms with van der Waals surface area (Å²) in [6.07, 6.45) is 0. The van der Waals surface area contributed by atoms with Crippen LogP contribution in [0.1, 0.15) is 0 Å². The van der Waals surface area contributed by atoms with Gasteiger partial charge in [-0.15, -0.1) is 0 Å². The predicted molar refractivity (Wildman–Crippen MR) is 175 cm³/mol. The summed E-state index contributed by atoms with van der Waals surface area (Å²) in [5, 5.41) is 7.94. The Morgan fingerprint density at radius 2 is 0.881 bits per heavy atom. The SMILES string of the molecule is c1ccc(-c2ccc(-c3c4ccccc4c(-c4cc5ccc6c7ccccc7oc6c5o4)c4ccccc34)cc2)cc1. The van der Waals surface area contributed by atoms with Crippen LogP contribution in [0.4, 0.5) is 0 Å². The van der Waals surface area contributed by atoms with Gasteiger partial charge < -0.3 is 8.83 Å². The van der Waals surface area contributed by atoms with Crippen molar-refractivity contribution in [2.24, 2.45) is 0 Å². The third-order valence-electron chi connectivity index (χ3n) is 8.49. The molecule has 0 aliphatic carbocycles. The molecule has 2 heteroatoms. The Labute approximate surface area is 242 Å². The van der Waals surface area contributed by atoms with E-state index in [1.54, 1.807) is 0 Å². The molecule has 0 saturated heterocycles. The molecule has 0 unspecified atom stereocenters. The van der Waals surface area contributed by atoms with Gasteiger partial charge >= 0.3 is 0 Å². The van der Waals surface area contributed by atoms with Gasteiger partial charge in [0.2, 0.25) is 0 Å². The zero-order valence-corrected chi connectivity index (χ0v) is 22.7. The van der Waals surface area contributed by atoms with E-state index in [9.17, 15) is 0 Å². The Balaban J connectivity index is 1.30. The van der Waals surface area contributed by atoms with Crippen molar-refractivity contribution < 1.29 is 8.83 Å². The Morgan fingerprint density at radius 1 is 0.333 bits per heavy atom. The lowest BCUT2D eigenvalue weighted by molar-refractivity contribution is 0.612. The zero-order chi connectivity index (χ0) is 27.6. The highest BCUT2D eigenvalue weighted by atomic mass is 16.4. The number of hydrogen-bond acceptors (Lipinski definition) is 2. The van der Waals surface area contributed by atoms with E-state index in [2.05, 4.69) is 127 Å². The smallest absolute Gasteiger partial charge is 0.178 e. The van der Waals surface area contributed by atoms with Crippen molar-refractivity contribution in [3.05, 3.63) is 146 Å². The van der Waals surface area contributed by atoms with Crippen molar-refractivity contribution in [2.45, 2.75) is 0 Å². The maximum atomic E-state index is 6.73. The summed E-state index contributed by atoms with van der Waals surface area (Å²) in [5.74, 6) is 0.844. The topological polar surface area (TPSA) is 26.3 Å². The molecule has 0 atom stereocenters. The van der Waals surface area contributed by atoms with E-state index in [1.165, 1.54) is 43.8 Å². The first kappa shape index (κ1) is 23.1. The minimum Gasteiger partial charge on any atom is -0.452 e. The van der Waals surface area contributed by atoms with Crippen LogP contribution in [-0.4, -0.2) is 0 Å². The second kappa shape index (κ2) is 8.95. The number of para-hydroxylation sites is 1. The molecule has 0 bridgehead atoms. The Morgan fingerprint density at radius 3 is 1.57 bits per heavy atom. The molecule has 42 heavy (non-hydrogen) atoms. The van der Waals surface area contributed by atoms with Gasteiger partial charge in [-0.05, 0) is 62.0 Å². The monoisotopic (exact) mass is 536 g/mol. The first-order valence-electron chi connectivity index (χ1n) is 14.3. The van der Waals surface area contributed by atoms with Crippen LogP contribution >= 0.6 is 0 Å². The lowest BCUT2D eigenvalue weighted by atomic mass is 9.87. The highest BCUT2D eigenvalue weighted by Gasteiger charge is 2.20. The van der Waals surface area contributed by atoms with Crippen LogP contribution in [0.5, 0.6) is 0 Å². The van der Waals surface area contributed by atoms with Crippen molar-refractivity contribution in [2.75, 3.05) is 0 Å². The third kappa shape index (κ3) is 3.39. The number of benzene rings is 7. The molecule has 0 amide bonds. The van der Waals surface area contributed by atoms with E-state index in [0.29, 0.717) is 0 Å². The van der Waals surface area contributed by atoms with Crippen molar-refractivity contribution in [1.82, 2.24) is 0 Å². The van der Waals surface area contributed by atoms with Crippen molar-refractivity contribution >= 4 is 54.5 Å². The molecule has 7 aromatic carbocycles. The molecule has 9 aromatic rings. The van der Waals surface area contributed by atoms with Crippen LogP contribution in [0.3, 0.4) is 0 Å². The lowest BCUT2D eigenvalue weighted by Gasteiger charge is -2.16. The number of hydrogen-bond donors (Lipinski definition) is 0. The summed E-state index contributed by atoms with van der Waals surface area (Å²) in [4.78, 5) is 0. The molecular formula is C40H24O2. The fourth-order valence-corrected chi connectivity index (χ4v) is 6.57. The van der Waals surface area contributed by atoms with Crippen molar-refractivity contribution in [1.29, 1.82) is 0 Å². The van der Waals surface area contributed by atoms with Crippen LogP contribution in [0.25, 0.3) is 88.0 Å². The molecule has 0 fully saturated rings. The highest BCUT2D eigenvalue weighted by Crippen LogP contribution is 2.46. The molecular weight excluding hydrogens is 512 g/mol. The molecule has 0 spiro atoms. The summed E-state index contributed by atoms with van der Waals surface area (Å²) in [6, 6.07) is 51.4. The van der Waals surface area contributed by atoms with E-state index in [0.717, 1.165) is 44.2 Å². The van der Waals surface area contributed by atoms with Gasteiger partial charge in [0.25, 0.3) is 0 Å². The molecule has 0 aliphatic heterocycles. The molecule has 0 aliphatic rings. The number of fused-ring (bicyclic) bond motifs is 7. The van der Waals surface area contributed by atoms with E-state index in [-0.39, 0.29) is 0 Å². The number of furan rings is 2. The van der Waals surface area contributed by atoms with Gasteiger partial charge in [0.1, 0.15) is 11.3 Å². The van der Waals surface area contributed by atoms with E-state index in [1.807, 2.05) is 18.2 Å². The van der Waals surface area contributed by atoms with Gasteiger partial charge in [0.05, 0.1) is 0 Å². The van der Waals surface area contributed by atoms with Crippen LogP contribution < -0.4 is 0 Å². The van der Waals surface area contributed by atoms with Gasteiger partial charge in [0, 0.05) is 21.7 Å². The first-order valence-corrected chi connectivity index (χ1v) is 14.3. The van der Waals surface area contributed by atoms with Crippen molar-refractivity contribution in [3.63, 3.8) is 0 Å². The Kier molecular flexibility index (Phi) is 4.93. The fourth-order valence-electron chi connectivity index (χ4n) is 6.57. The molecule has 196 valence electrons. The molecule has 0 N–H and O–H groups in total. The molecule has 9 rings (SSSR count). The maximum Gasteiger partial charge on any atom is 0.178 e. The van der Waals surface area contributed by atoms with Crippen LogP contribution in [0, 0.1) is 0 Å². The van der Waals surface area contributed by atoms with E-state index >= 15 is 0 Å². The summed E-state index contributed by atoms with van der Waals surface area (Å²) in [5.41, 5.74) is 8.42. The average molecular weight is 537 g/mol. The fraction of sp³-hybridized carbons (Fsp3) is 0. The van der Waals surface area contributed by atoms with Gasteiger partial charge in [-0.1, -0.05) is 127 Å². The average Bonchev–Trinajstić information content (AvgIpc) is 3.66. The molecule has 0 radical (unpaired) electrons. The Bertz CT molecular complexity index is 2380. The van der Waals surface area contributed by atoms with Crippen LogP contribution in [-0.2, 0) is 0 Å². The van der Waals surface area contributed by atoms with Gasteiger partial charge in [0.15, 0.2) is 11.2 Å². The van der Waals surface area contributed by atoms with Gasteiger partial charge in [-0.2, -0.15) is 0 Å². The Hall–Kier alpha value is -5.60. The minimum absolute atomic E-state index is 0.785. The first-order chi connectivity index (χ1) is 20.8. The summed E-state index contributed by atoms with van der Waals surface area (Å²) in [6.45, 7) is 0. The largest absolute Gasteiger partial charge is 0.452 e. The third-order valence-corrected chi connectivity index (χ3v) is 8.49. The zero-order valence-electron chi connectivity index (χ0n) is 22.7. The second-order valence-electron chi connectivity index (χ2n) is 10.9. The van der Waals surface area contributed by atoms with E-state index in [4.69, 9.17) is 8.83 Å². The molecule has 2 heterocycles. The van der Waals surface area contributed by atoms with Gasteiger partial charge in [-0.25, -0.2) is 0 Å². The molecule has 2 nitrogen and oxygen atoms in total. The summed E-state index contributed by atoms with van der Waals surface area (Å²) < 4.78 is 13.0. The lowest BCUT2D eigenvalue weighted by Crippen LogP contribution is -1.90. The maximum absolute atomic E-state index is 6.73. The summed E-state index contributed by atoms with van der Waals surface area (Å²) in [7, 11) is 0. The van der Waals surface area contributed by atoms with Crippen molar-refractivity contribution in [3.8, 4) is 33.6 Å². The van der Waals surface area contributed by atoms with Crippen LogP contribution in [0.15, 0.2) is 154 Å². The molecule has 0 saturated carbocycles. The summed E-state index contributed by atoms with van der Waals surface area (Å²) >= 11 is 0. The normalized spacial score (nSPS) is 11.8. The predicted octanol–water partition coefficient (Wildman–Crippen LogP) is 11.6.